The average Bonchev–Trinajstić information content (AvgIpc) is 2.47. The minimum absolute atomic E-state index is 0.0233. The number of nitrogens with one attached hydrogen (secondary N) is 2. The van der Waals surface area contributed by atoms with Crippen molar-refractivity contribution in [2.75, 3.05) is 12.4 Å². The van der Waals surface area contributed by atoms with E-state index in [4.69, 9.17) is 4.74 Å². The summed E-state index contributed by atoms with van der Waals surface area (Å²) in [7, 11) is 1.57. The van der Waals surface area contributed by atoms with Gasteiger partial charge in [0.05, 0.1) is 13.2 Å². The summed E-state index contributed by atoms with van der Waals surface area (Å²) >= 11 is 0. The van der Waals surface area contributed by atoms with Gasteiger partial charge in [-0.1, -0.05) is 0 Å². The second kappa shape index (κ2) is 7.93. The quantitative estimate of drug-likeness (QED) is 0.686. The van der Waals surface area contributed by atoms with E-state index in [1.54, 1.807) is 38.3 Å². The van der Waals surface area contributed by atoms with Gasteiger partial charge in [-0.15, -0.1) is 0 Å². The molecule has 0 saturated heterocycles. The summed E-state index contributed by atoms with van der Waals surface area (Å²) in [5.41, 5.74) is 0.756. The Kier molecular flexibility index (Phi) is 6.22. The summed E-state index contributed by atoms with van der Waals surface area (Å²) in [6, 6.07) is 5.80. The fraction of sp³-hybridized carbons (Fsp3) is 0.357. The number of methoxy groups -OCH3 is 1. The maximum atomic E-state index is 11.8. The molecule has 2 atom stereocenters. The standard InChI is InChI=1S/C14H18N2O4/c1-10(14(19)16-12(9-18)7-8-17)15-11-3-5-13(20-2)6-4-11/h3-6,8-10,12,15H,7H2,1-2H3,(H,16,19)/t10-,12?/m0/s1. The maximum Gasteiger partial charge on any atom is 0.242 e. The zero-order valence-corrected chi connectivity index (χ0v) is 11.5. The summed E-state index contributed by atoms with van der Waals surface area (Å²) < 4.78 is 5.04. The van der Waals surface area contributed by atoms with Crippen LogP contribution in [0.15, 0.2) is 24.3 Å². The molecule has 0 radical (unpaired) electrons. The molecule has 0 aliphatic heterocycles. The Morgan fingerprint density at radius 1 is 1.30 bits per heavy atom. The minimum atomic E-state index is -0.778. The number of rotatable bonds is 8. The largest absolute Gasteiger partial charge is 0.497 e. The van der Waals surface area contributed by atoms with E-state index in [1.807, 2.05) is 0 Å². The van der Waals surface area contributed by atoms with Crippen LogP contribution in [0.5, 0.6) is 5.75 Å². The van der Waals surface area contributed by atoms with Crippen LogP contribution in [0.4, 0.5) is 5.69 Å². The minimum Gasteiger partial charge on any atom is -0.497 e. The second-order valence-electron chi connectivity index (χ2n) is 4.25. The Morgan fingerprint density at radius 2 is 1.95 bits per heavy atom. The van der Waals surface area contributed by atoms with Crippen molar-refractivity contribution in [3.05, 3.63) is 24.3 Å². The zero-order valence-electron chi connectivity index (χ0n) is 11.5. The molecule has 1 unspecified atom stereocenters. The normalized spacial score (nSPS) is 12.9. The summed E-state index contributed by atoms with van der Waals surface area (Å²) in [4.78, 5) is 32.9. The lowest BCUT2D eigenvalue weighted by Crippen LogP contribution is -2.44. The molecule has 0 fully saturated rings. The molecule has 0 spiro atoms. The van der Waals surface area contributed by atoms with Gasteiger partial charge < -0.3 is 25.0 Å². The second-order valence-corrected chi connectivity index (χ2v) is 4.25. The first-order valence-corrected chi connectivity index (χ1v) is 6.20. The molecule has 0 aliphatic rings. The topological polar surface area (TPSA) is 84.5 Å². The van der Waals surface area contributed by atoms with E-state index < -0.39 is 12.1 Å². The summed E-state index contributed by atoms with van der Waals surface area (Å²) in [6.45, 7) is 1.67. The Morgan fingerprint density at radius 3 is 2.45 bits per heavy atom. The predicted octanol–water partition coefficient (Wildman–Crippen LogP) is 0.768. The van der Waals surface area contributed by atoms with Gasteiger partial charge in [-0.05, 0) is 31.2 Å². The molecule has 0 heterocycles. The van der Waals surface area contributed by atoms with Crippen molar-refractivity contribution in [1.82, 2.24) is 5.32 Å². The molecule has 6 nitrogen and oxygen atoms in total. The van der Waals surface area contributed by atoms with Gasteiger partial charge in [0.25, 0.3) is 0 Å². The number of aldehydes is 2. The van der Waals surface area contributed by atoms with Gasteiger partial charge in [0.1, 0.15) is 24.4 Å². The van der Waals surface area contributed by atoms with E-state index in [9.17, 15) is 14.4 Å². The van der Waals surface area contributed by atoms with Gasteiger partial charge in [-0.3, -0.25) is 4.79 Å². The first-order valence-electron chi connectivity index (χ1n) is 6.20. The molecule has 1 aromatic rings. The highest BCUT2D eigenvalue weighted by Crippen LogP contribution is 2.15. The number of hydrogen-bond donors (Lipinski definition) is 2. The maximum absolute atomic E-state index is 11.8. The molecular weight excluding hydrogens is 260 g/mol. The average molecular weight is 278 g/mol. The monoisotopic (exact) mass is 278 g/mol. The molecule has 1 rings (SSSR count). The fourth-order valence-corrected chi connectivity index (χ4v) is 1.56. The smallest absolute Gasteiger partial charge is 0.242 e. The van der Waals surface area contributed by atoms with Crippen LogP contribution in [-0.4, -0.2) is 37.7 Å². The van der Waals surface area contributed by atoms with Crippen LogP contribution in [0.25, 0.3) is 0 Å². The molecule has 0 saturated carbocycles. The lowest BCUT2D eigenvalue weighted by atomic mass is 10.2. The molecule has 2 N–H and O–H groups in total. The van der Waals surface area contributed by atoms with Crippen molar-refractivity contribution in [1.29, 1.82) is 0 Å². The van der Waals surface area contributed by atoms with Crippen LogP contribution in [0.1, 0.15) is 13.3 Å². The lowest BCUT2D eigenvalue weighted by molar-refractivity contribution is -0.124. The van der Waals surface area contributed by atoms with Gasteiger partial charge in [0.2, 0.25) is 5.91 Å². The van der Waals surface area contributed by atoms with Crippen molar-refractivity contribution in [2.45, 2.75) is 25.4 Å². The third-order valence-corrected chi connectivity index (χ3v) is 2.71. The number of amides is 1. The van der Waals surface area contributed by atoms with Gasteiger partial charge in [0, 0.05) is 12.1 Å². The van der Waals surface area contributed by atoms with Gasteiger partial charge in [-0.25, -0.2) is 0 Å². The highest BCUT2D eigenvalue weighted by molar-refractivity contribution is 5.87. The van der Waals surface area contributed by atoms with Gasteiger partial charge in [0.15, 0.2) is 0 Å². The third-order valence-electron chi connectivity index (χ3n) is 2.71. The lowest BCUT2D eigenvalue weighted by Gasteiger charge is -2.17. The number of carbonyl (C=O) groups excluding carboxylic acids is 3. The van der Waals surface area contributed by atoms with Crippen LogP contribution in [0.3, 0.4) is 0 Å². The van der Waals surface area contributed by atoms with Gasteiger partial charge >= 0.3 is 0 Å². The first kappa shape index (κ1) is 15.7. The molecule has 0 bridgehead atoms. The Hall–Kier alpha value is -2.37. The van der Waals surface area contributed by atoms with E-state index in [-0.39, 0.29) is 12.3 Å². The fourth-order valence-electron chi connectivity index (χ4n) is 1.56. The Balaban J connectivity index is 2.55. The van der Waals surface area contributed by atoms with Crippen LogP contribution in [-0.2, 0) is 14.4 Å². The highest BCUT2D eigenvalue weighted by Gasteiger charge is 2.16. The molecule has 6 heteroatoms. The predicted molar refractivity (Wildman–Crippen MR) is 74.8 cm³/mol. The number of benzene rings is 1. The molecule has 1 amide bonds. The highest BCUT2D eigenvalue weighted by atomic mass is 16.5. The first-order chi connectivity index (χ1) is 9.60. The molecule has 1 aromatic carbocycles. The summed E-state index contributed by atoms with van der Waals surface area (Å²) in [5, 5.41) is 5.48. The molecule has 108 valence electrons. The van der Waals surface area contributed by atoms with Crippen LogP contribution < -0.4 is 15.4 Å². The Labute approximate surface area is 117 Å². The van der Waals surface area contributed by atoms with Crippen LogP contribution in [0, 0.1) is 0 Å². The Bertz CT molecular complexity index is 459. The van der Waals surface area contributed by atoms with E-state index in [1.165, 1.54) is 0 Å². The number of hydrogen-bond acceptors (Lipinski definition) is 5. The van der Waals surface area contributed by atoms with Crippen molar-refractivity contribution in [3.8, 4) is 5.75 Å². The zero-order chi connectivity index (χ0) is 15.0. The SMILES string of the molecule is COc1ccc(N[C@@H](C)C(=O)NC(C=O)CC=O)cc1. The van der Waals surface area contributed by atoms with Gasteiger partial charge in [-0.2, -0.15) is 0 Å². The molecular formula is C14H18N2O4. The van der Waals surface area contributed by atoms with Crippen LogP contribution in [0.2, 0.25) is 0 Å². The molecule has 20 heavy (non-hydrogen) atoms. The number of anilines is 1. The number of ether oxygens (including phenoxy) is 1. The van der Waals surface area contributed by atoms with E-state index in [0.717, 1.165) is 11.4 Å². The van der Waals surface area contributed by atoms with Crippen molar-refractivity contribution in [3.63, 3.8) is 0 Å². The van der Waals surface area contributed by atoms with E-state index in [2.05, 4.69) is 10.6 Å². The number of carbonyl (C=O) groups is 3. The van der Waals surface area contributed by atoms with E-state index >= 15 is 0 Å². The van der Waals surface area contributed by atoms with Crippen molar-refractivity contribution >= 4 is 24.2 Å². The molecule has 0 aliphatic carbocycles. The van der Waals surface area contributed by atoms with Crippen LogP contribution >= 0.6 is 0 Å². The third kappa shape index (κ3) is 4.72. The van der Waals surface area contributed by atoms with Crippen molar-refractivity contribution in [2.24, 2.45) is 0 Å². The summed E-state index contributed by atoms with van der Waals surface area (Å²) in [6.07, 6.45) is 1.12. The van der Waals surface area contributed by atoms with E-state index in [0.29, 0.717) is 12.6 Å². The van der Waals surface area contributed by atoms with Crippen molar-refractivity contribution < 1.29 is 19.1 Å². The molecule has 0 aromatic heterocycles. The summed E-state index contributed by atoms with van der Waals surface area (Å²) in [5.74, 6) is 0.374.